The van der Waals surface area contributed by atoms with Crippen LogP contribution >= 0.6 is 35.7 Å². The molecule has 0 heterocycles. The number of benzene rings is 1. The van der Waals surface area contributed by atoms with Gasteiger partial charge in [0.1, 0.15) is 5.75 Å². The molecule has 7 heteroatoms. The van der Waals surface area contributed by atoms with Crippen molar-refractivity contribution in [2.75, 3.05) is 26.5 Å². The fourth-order valence-corrected chi connectivity index (χ4v) is 3.96. The first-order chi connectivity index (χ1) is 12.2. The quantitative estimate of drug-likeness (QED) is 0.308. The van der Waals surface area contributed by atoms with Crippen LogP contribution in [0.4, 0.5) is 0 Å². The number of aliphatic hydroxyl groups is 1. The van der Waals surface area contributed by atoms with Crippen LogP contribution in [0.5, 0.6) is 5.75 Å². The van der Waals surface area contributed by atoms with Crippen LogP contribution in [-0.2, 0) is 0 Å². The fraction of sp³-hybridized carbons (Fsp3) is 0.632. The molecule has 5 nitrogen and oxygen atoms in total. The van der Waals surface area contributed by atoms with Gasteiger partial charge in [-0.25, -0.2) is 0 Å². The van der Waals surface area contributed by atoms with Crippen molar-refractivity contribution in [3.05, 3.63) is 29.8 Å². The van der Waals surface area contributed by atoms with Gasteiger partial charge in [-0.15, -0.1) is 24.0 Å². The minimum absolute atomic E-state index is 0. The molecule has 1 saturated carbocycles. The zero-order valence-corrected chi connectivity index (χ0v) is 19.1. The molecule has 26 heavy (non-hydrogen) atoms. The number of halogens is 1. The van der Waals surface area contributed by atoms with E-state index in [1.165, 1.54) is 25.7 Å². The topological polar surface area (TPSA) is 65.9 Å². The summed E-state index contributed by atoms with van der Waals surface area (Å²) in [6.45, 7) is 3.18. The minimum Gasteiger partial charge on any atom is -0.497 e. The molecule has 148 valence electrons. The summed E-state index contributed by atoms with van der Waals surface area (Å²) in [4.78, 5) is 4.59. The zero-order valence-electron chi connectivity index (χ0n) is 15.9. The number of rotatable bonds is 7. The van der Waals surface area contributed by atoms with Crippen LogP contribution in [0.15, 0.2) is 29.3 Å². The van der Waals surface area contributed by atoms with Gasteiger partial charge in [0.15, 0.2) is 5.96 Å². The summed E-state index contributed by atoms with van der Waals surface area (Å²) < 4.78 is 5.22. The molecule has 1 aliphatic carbocycles. The molecule has 0 spiro atoms. The van der Waals surface area contributed by atoms with Gasteiger partial charge in [-0.2, -0.15) is 11.8 Å². The van der Waals surface area contributed by atoms with E-state index in [4.69, 9.17) is 4.74 Å². The first-order valence-corrected chi connectivity index (χ1v) is 10.3. The molecule has 1 aliphatic rings. The SMILES string of the molecule is CCNC(=NCC(O)c1cccc(OC)c1)NC1CCCC(SC)C1.I. The lowest BCUT2D eigenvalue weighted by atomic mass is 9.95. The smallest absolute Gasteiger partial charge is 0.191 e. The lowest BCUT2D eigenvalue weighted by Crippen LogP contribution is -2.45. The van der Waals surface area contributed by atoms with E-state index in [1.807, 2.05) is 36.0 Å². The largest absolute Gasteiger partial charge is 0.497 e. The molecule has 0 bridgehead atoms. The standard InChI is InChI=1S/C19H31N3O2S.HI/c1-4-20-19(22-15-8-6-10-17(12-15)25-3)21-13-18(23)14-7-5-9-16(11-14)24-2;/h5,7,9,11,15,17-18,23H,4,6,8,10,12-13H2,1-3H3,(H2,20,21,22);1H. The molecular weight excluding hydrogens is 461 g/mol. The molecule has 0 amide bonds. The molecule has 1 aromatic rings. The van der Waals surface area contributed by atoms with Gasteiger partial charge in [0.25, 0.3) is 0 Å². The number of aliphatic imine (C=N–C) groups is 1. The highest BCUT2D eigenvalue weighted by molar-refractivity contribution is 14.0. The Morgan fingerprint density at radius 3 is 2.92 bits per heavy atom. The summed E-state index contributed by atoms with van der Waals surface area (Å²) in [6.07, 6.45) is 6.47. The molecule has 2 rings (SSSR count). The van der Waals surface area contributed by atoms with Crippen molar-refractivity contribution in [2.45, 2.75) is 50.0 Å². The molecule has 3 unspecified atom stereocenters. The maximum absolute atomic E-state index is 10.4. The predicted octanol–water partition coefficient (Wildman–Crippen LogP) is 3.58. The maximum Gasteiger partial charge on any atom is 0.191 e. The zero-order chi connectivity index (χ0) is 18.1. The van der Waals surface area contributed by atoms with Crippen LogP contribution in [0.25, 0.3) is 0 Å². The maximum atomic E-state index is 10.4. The molecule has 0 saturated heterocycles. The van der Waals surface area contributed by atoms with E-state index in [-0.39, 0.29) is 24.0 Å². The Balaban J connectivity index is 0.00000338. The van der Waals surface area contributed by atoms with Gasteiger partial charge >= 0.3 is 0 Å². The van der Waals surface area contributed by atoms with Gasteiger partial charge < -0.3 is 20.5 Å². The van der Waals surface area contributed by atoms with Gasteiger partial charge in [-0.3, -0.25) is 4.99 Å². The van der Waals surface area contributed by atoms with Crippen molar-refractivity contribution in [1.29, 1.82) is 0 Å². The highest BCUT2D eigenvalue weighted by atomic mass is 127. The van der Waals surface area contributed by atoms with E-state index in [0.717, 1.165) is 29.1 Å². The Morgan fingerprint density at radius 1 is 1.42 bits per heavy atom. The Morgan fingerprint density at radius 2 is 2.23 bits per heavy atom. The van der Waals surface area contributed by atoms with E-state index < -0.39 is 6.10 Å². The summed E-state index contributed by atoms with van der Waals surface area (Å²) in [5.41, 5.74) is 0.819. The van der Waals surface area contributed by atoms with Crippen molar-refractivity contribution >= 4 is 41.7 Å². The number of ether oxygens (including phenoxy) is 1. The first-order valence-electron chi connectivity index (χ1n) is 9.05. The average Bonchev–Trinajstić information content (AvgIpc) is 2.66. The number of aliphatic hydroxyl groups excluding tert-OH is 1. The third-order valence-corrected chi connectivity index (χ3v) is 5.64. The van der Waals surface area contributed by atoms with Gasteiger partial charge in [-0.1, -0.05) is 18.6 Å². The summed E-state index contributed by atoms with van der Waals surface area (Å²) in [5.74, 6) is 1.53. The fourth-order valence-electron chi connectivity index (χ4n) is 3.14. The number of nitrogens with zero attached hydrogens (tertiary/aromatic N) is 1. The van der Waals surface area contributed by atoms with Crippen molar-refractivity contribution in [3.8, 4) is 5.75 Å². The molecular formula is C19H32IN3O2S. The number of hydrogen-bond acceptors (Lipinski definition) is 4. The lowest BCUT2D eigenvalue weighted by Gasteiger charge is -2.30. The predicted molar refractivity (Wildman–Crippen MR) is 122 cm³/mol. The second-order valence-electron chi connectivity index (χ2n) is 6.38. The third kappa shape index (κ3) is 7.52. The van der Waals surface area contributed by atoms with Gasteiger partial charge in [0, 0.05) is 17.8 Å². The van der Waals surface area contributed by atoms with Crippen molar-refractivity contribution in [1.82, 2.24) is 10.6 Å². The highest BCUT2D eigenvalue weighted by Gasteiger charge is 2.22. The number of thioether (sulfide) groups is 1. The van der Waals surface area contributed by atoms with E-state index in [1.54, 1.807) is 7.11 Å². The van der Waals surface area contributed by atoms with Gasteiger partial charge in [0.2, 0.25) is 0 Å². The van der Waals surface area contributed by atoms with E-state index >= 15 is 0 Å². The second-order valence-corrected chi connectivity index (χ2v) is 7.52. The van der Waals surface area contributed by atoms with Crippen LogP contribution < -0.4 is 15.4 Å². The summed E-state index contributed by atoms with van der Waals surface area (Å²) in [5, 5.41) is 18.0. The summed E-state index contributed by atoms with van der Waals surface area (Å²) >= 11 is 1.96. The Bertz CT molecular complexity index is 559. The number of guanidine groups is 1. The molecule has 1 aromatic carbocycles. The van der Waals surface area contributed by atoms with Crippen molar-refractivity contribution < 1.29 is 9.84 Å². The van der Waals surface area contributed by atoms with Crippen molar-refractivity contribution in [2.24, 2.45) is 4.99 Å². The first kappa shape index (κ1) is 23.4. The second kappa shape index (κ2) is 12.7. The molecule has 3 atom stereocenters. The van der Waals surface area contributed by atoms with Crippen LogP contribution in [0.1, 0.15) is 44.3 Å². The van der Waals surface area contributed by atoms with Crippen molar-refractivity contribution in [3.63, 3.8) is 0 Å². The lowest BCUT2D eigenvalue weighted by molar-refractivity contribution is 0.186. The van der Waals surface area contributed by atoms with Gasteiger partial charge in [0.05, 0.1) is 19.8 Å². The molecule has 0 aromatic heterocycles. The molecule has 3 N–H and O–H groups in total. The van der Waals surface area contributed by atoms with E-state index in [0.29, 0.717) is 12.6 Å². The van der Waals surface area contributed by atoms with Crippen LogP contribution in [0, 0.1) is 0 Å². The molecule has 0 radical (unpaired) electrons. The Kier molecular flexibility index (Phi) is 11.4. The van der Waals surface area contributed by atoms with Gasteiger partial charge in [-0.05, 0) is 50.1 Å². The Hall–Kier alpha value is -0.670. The third-order valence-electron chi connectivity index (χ3n) is 4.55. The van der Waals surface area contributed by atoms with Crippen LogP contribution in [0.3, 0.4) is 0 Å². The average molecular weight is 493 g/mol. The van der Waals surface area contributed by atoms with E-state index in [2.05, 4.69) is 28.8 Å². The normalized spacial score (nSPS) is 21.5. The Labute approximate surface area is 178 Å². The molecule has 1 fully saturated rings. The summed E-state index contributed by atoms with van der Waals surface area (Å²) in [7, 11) is 1.63. The van der Waals surface area contributed by atoms with E-state index in [9.17, 15) is 5.11 Å². The summed E-state index contributed by atoms with van der Waals surface area (Å²) in [6, 6.07) is 7.96. The molecule has 0 aliphatic heterocycles. The highest BCUT2D eigenvalue weighted by Crippen LogP contribution is 2.26. The van der Waals surface area contributed by atoms with Crippen LogP contribution in [0.2, 0.25) is 0 Å². The number of methoxy groups -OCH3 is 1. The van der Waals surface area contributed by atoms with Crippen LogP contribution in [-0.4, -0.2) is 48.8 Å². The monoisotopic (exact) mass is 493 g/mol. The number of nitrogens with one attached hydrogen (secondary N) is 2. The number of hydrogen-bond donors (Lipinski definition) is 3. The minimum atomic E-state index is -0.643.